The summed E-state index contributed by atoms with van der Waals surface area (Å²) >= 11 is 1.67. The summed E-state index contributed by atoms with van der Waals surface area (Å²) < 4.78 is 1.68. The molecule has 118 valence electrons. The second-order valence-corrected chi connectivity index (χ2v) is 6.12. The number of rotatable bonds is 5. The van der Waals surface area contributed by atoms with Crippen LogP contribution in [-0.2, 0) is 6.54 Å². The number of benzene rings is 1. The molecule has 6 nitrogen and oxygen atoms in total. The van der Waals surface area contributed by atoms with E-state index < -0.39 is 0 Å². The molecule has 1 aromatic carbocycles. The number of hydrogen-bond donors (Lipinski definition) is 2. The summed E-state index contributed by atoms with van der Waals surface area (Å²) in [7, 11) is 0. The standard InChI is InChI=1S/C16H17N5OS/c1-12(9-21-11-17-10-18-21)19-16(22)20-14-5-2-4-13(8-14)15-6-3-7-23-15/h2-8,10-12H,9H2,1H3,(H2,19,20,22). The Bertz CT molecular complexity index is 755. The number of hydrogen-bond acceptors (Lipinski definition) is 4. The van der Waals surface area contributed by atoms with Gasteiger partial charge in [0.25, 0.3) is 0 Å². The van der Waals surface area contributed by atoms with Gasteiger partial charge in [-0.05, 0) is 36.1 Å². The first-order valence-corrected chi connectivity index (χ1v) is 8.12. The number of amides is 2. The van der Waals surface area contributed by atoms with Crippen molar-refractivity contribution in [3.63, 3.8) is 0 Å². The number of urea groups is 1. The van der Waals surface area contributed by atoms with Gasteiger partial charge in [-0.25, -0.2) is 9.78 Å². The summed E-state index contributed by atoms with van der Waals surface area (Å²) in [5, 5.41) is 11.8. The van der Waals surface area contributed by atoms with E-state index in [4.69, 9.17) is 0 Å². The predicted molar refractivity (Wildman–Crippen MR) is 91.4 cm³/mol. The van der Waals surface area contributed by atoms with Crippen LogP contribution in [0.15, 0.2) is 54.4 Å². The molecule has 2 aromatic heterocycles. The van der Waals surface area contributed by atoms with E-state index in [1.54, 1.807) is 22.3 Å². The van der Waals surface area contributed by atoms with Gasteiger partial charge in [-0.2, -0.15) is 5.10 Å². The van der Waals surface area contributed by atoms with E-state index in [-0.39, 0.29) is 12.1 Å². The van der Waals surface area contributed by atoms with E-state index in [0.717, 1.165) is 11.3 Å². The highest BCUT2D eigenvalue weighted by Gasteiger charge is 2.09. The molecule has 1 atom stereocenters. The molecule has 0 aliphatic heterocycles. The fourth-order valence-corrected chi connectivity index (χ4v) is 2.96. The zero-order chi connectivity index (χ0) is 16.1. The number of aromatic nitrogens is 3. The lowest BCUT2D eigenvalue weighted by Gasteiger charge is -2.14. The molecule has 2 N–H and O–H groups in total. The topological polar surface area (TPSA) is 71.8 Å². The molecule has 2 amide bonds. The molecule has 3 rings (SSSR count). The minimum atomic E-state index is -0.235. The third kappa shape index (κ3) is 4.17. The van der Waals surface area contributed by atoms with Gasteiger partial charge < -0.3 is 10.6 Å². The third-order valence-electron chi connectivity index (χ3n) is 3.23. The molecule has 0 radical (unpaired) electrons. The molecule has 7 heteroatoms. The maximum Gasteiger partial charge on any atom is 0.319 e. The average Bonchev–Trinajstić information content (AvgIpc) is 3.20. The Labute approximate surface area is 138 Å². The van der Waals surface area contributed by atoms with E-state index in [9.17, 15) is 4.79 Å². The van der Waals surface area contributed by atoms with Gasteiger partial charge in [0.1, 0.15) is 12.7 Å². The number of carbonyl (C=O) groups is 1. The lowest BCUT2D eigenvalue weighted by atomic mass is 10.1. The fourth-order valence-electron chi connectivity index (χ4n) is 2.24. The van der Waals surface area contributed by atoms with Gasteiger partial charge in [-0.1, -0.05) is 18.2 Å². The predicted octanol–water partition coefficient (Wildman–Crippen LogP) is 3.22. The first kappa shape index (κ1) is 15.2. The Morgan fingerprint density at radius 3 is 3.00 bits per heavy atom. The van der Waals surface area contributed by atoms with Crippen molar-refractivity contribution >= 4 is 23.1 Å². The van der Waals surface area contributed by atoms with Gasteiger partial charge >= 0.3 is 6.03 Å². The molecule has 0 saturated heterocycles. The molecule has 3 aromatic rings. The summed E-state index contributed by atoms with van der Waals surface area (Å²) in [6.07, 6.45) is 3.10. The van der Waals surface area contributed by atoms with Crippen LogP contribution in [0.4, 0.5) is 10.5 Å². The summed E-state index contributed by atoms with van der Waals surface area (Å²) in [6, 6.07) is 11.6. The molecule has 0 saturated carbocycles. The van der Waals surface area contributed by atoms with E-state index >= 15 is 0 Å². The van der Waals surface area contributed by atoms with E-state index in [2.05, 4.69) is 26.8 Å². The zero-order valence-electron chi connectivity index (χ0n) is 12.6. The molecule has 0 bridgehead atoms. The number of thiophene rings is 1. The highest BCUT2D eigenvalue weighted by Crippen LogP contribution is 2.26. The molecule has 0 spiro atoms. The maximum absolute atomic E-state index is 12.1. The largest absolute Gasteiger partial charge is 0.334 e. The molecular weight excluding hydrogens is 310 g/mol. The Hall–Kier alpha value is -2.67. The Morgan fingerprint density at radius 1 is 1.35 bits per heavy atom. The van der Waals surface area contributed by atoms with Crippen molar-refractivity contribution in [3.8, 4) is 10.4 Å². The molecule has 2 heterocycles. The van der Waals surface area contributed by atoms with Crippen LogP contribution < -0.4 is 10.6 Å². The van der Waals surface area contributed by atoms with Gasteiger partial charge in [0.2, 0.25) is 0 Å². The summed E-state index contributed by atoms with van der Waals surface area (Å²) in [4.78, 5) is 17.1. The van der Waals surface area contributed by atoms with Gasteiger partial charge in [0.05, 0.1) is 6.54 Å². The minimum absolute atomic E-state index is 0.0582. The summed E-state index contributed by atoms with van der Waals surface area (Å²) in [5.74, 6) is 0. The SMILES string of the molecule is CC(Cn1cncn1)NC(=O)Nc1cccc(-c2cccs2)c1. The maximum atomic E-state index is 12.1. The Kier molecular flexibility index (Phi) is 4.68. The molecule has 0 aliphatic rings. The van der Waals surface area contributed by atoms with Crippen molar-refractivity contribution in [3.05, 3.63) is 54.4 Å². The highest BCUT2D eigenvalue weighted by molar-refractivity contribution is 7.13. The van der Waals surface area contributed by atoms with Crippen molar-refractivity contribution in [2.75, 3.05) is 5.32 Å². The van der Waals surface area contributed by atoms with Crippen LogP contribution in [0.3, 0.4) is 0 Å². The normalized spacial score (nSPS) is 11.9. The Balaban J connectivity index is 1.58. The van der Waals surface area contributed by atoms with Crippen LogP contribution in [0.1, 0.15) is 6.92 Å². The fraction of sp³-hybridized carbons (Fsp3) is 0.188. The van der Waals surface area contributed by atoms with E-state index in [1.165, 1.54) is 11.2 Å². The molecule has 0 fully saturated rings. The summed E-state index contributed by atoms with van der Waals surface area (Å²) in [6.45, 7) is 2.49. The van der Waals surface area contributed by atoms with Crippen molar-refractivity contribution < 1.29 is 4.79 Å². The van der Waals surface area contributed by atoms with Gasteiger partial charge in [0.15, 0.2) is 0 Å². The van der Waals surface area contributed by atoms with Crippen molar-refractivity contribution in [2.24, 2.45) is 0 Å². The van der Waals surface area contributed by atoms with Crippen molar-refractivity contribution in [2.45, 2.75) is 19.5 Å². The van der Waals surface area contributed by atoms with Crippen LogP contribution >= 0.6 is 11.3 Å². The average molecular weight is 327 g/mol. The van der Waals surface area contributed by atoms with Crippen LogP contribution in [-0.4, -0.2) is 26.8 Å². The highest BCUT2D eigenvalue weighted by atomic mass is 32.1. The Morgan fingerprint density at radius 2 is 2.26 bits per heavy atom. The number of nitrogens with zero attached hydrogens (tertiary/aromatic N) is 3. The first-order chi connectivity index (χ1) is 11.2. The lowest BCUT2D eigenvalue weighted by Crippen LogP contribution is -2.38. The molecular formula is C16H17N5OS. The first-order valence-electron chi connectivity index (χ1n) is 7.24. The number of anilines is 1. The quantitative estimate of drug-likeness (QED) is 0.756. The van der Waals surface area contributed by atoms with Crippen molar-refractivity contribution in [1.29, 1.82) is 0 Å². The van der Waals surface area contributed by atoms with Crippen LogP contribution in [0, 0.1) is 0 Å². The molecule has 23 heavy (non-hydrogen) atoms. The summed E-state index contributed by atoms with van der Waals surface area (Å²) in [5.41, 5.74) is 1.86. The second-order valence-electron chi connectivity index (χ2n) is 5.18. The third-order valence-corrected chi connectivity index (χ3v) is 4.15. The van der Waals surface area contributed by atoms with E-state index in [1.807, 2.05) is 42.6 Å². The molecule has 0 aliphatic carbocycles. The van der Waals surface area contributed by atoms with Crippen LogP contribution in [0.25, 0.3) is 10.4 Å². The van der Waals surface area contributed by atoms with Crippen LogP contribution in [0.5, 0.6) is 0 Å². The van der Waals surface area contributed by atoms with Crippen molar-refractivity contribution in [1.82, 2.24) is 20.1 Å². The number of nitrogens with one attached hydrogen (secondary N) is 2. The lowest BCUT2D eigenvalue weighted by molar-refractivity contribution is 0.247. The van der Waals surface area contributed by atoms with Crippen LogP contribution in [0.2, 0.25) is 0 Å². The zero-order valence-corrected chi connectivity index (χ0v) is 13.5. The molecule has 1 unspecified atom stereocenters. The van der Waals surface area contributed by atoms with Gasteiger partial charge in [0, 0.05) is 16.6 Å². The smallest absolute Gasteiger partial charge is 0.319 e. The monoisotopic (exact) mass is 327 g/mol. The van der Waals surface area contributed by atoms with E-state index in [0.29, 0.717) is 6.54 Å². The second kappa shape index (κ2) is 7.06. The minimum Gasteiger partial charge on any atom is -0.334 e. The van der Waals surface area contributed by atoms with Gasteiger partial charge in [-0.15, -0.1) is 11.3 Å². The number of carbonyl (C=O) groups excluding carboxylic acids is 1. The van der Waals surface area contributed by atoms with Gasteiger partial charge in [-0.3, -0.25) is 4.68 Å².